The standard InChI is InChI=1S/C8H12N2O2.HNO3/c1-2-9-5-6-10(7-9)4-3-8(11)12;2-1(3)4/h2,5-6H,1,3-4,7H2,(H,11,12);(H,2,3,4). The average Bonchev–Trinajstić information content (AvgIpc) is 2.61. The quantitative estimate of drug-likeness (QED) is 0.529. The predicted molar refractivity (Wildman–Crippen MR) is 53.8 cm³/mol. The molecule has 0 aromatic heterocycles. The van der Waals surface area contributed by atoms with Crippen molar-refractivity contribution >= 4 is 5.97 Å². The number of rotatable bonds is 4. The molecule has 0 fully saturated rings. The maximum atomic E-state index is 10.2. The monoisotopic (exact) mass is 231 g/mol. The third kappa shape index (κ3) is 7.18. The highest BCUT2D eigenvalue weighted by atomic mass is 16.9. The highest BCUT2D eigenvalue weighted by molar-refractivity contribution is 5.66. The number of hydrogen-bond donors (Lipinski definition) is 2. The Morgan fingerprint density at radius 3 is 2.56 bits per heavy atom. The molecule has 1 rings (SSSR count). The van der Waals surface area contributed by atoms with Crippen LogP contribution in [0, 0.1) is 10.1 Å². The summed E-state index contributed by atoms with van der Waals surface area (Å²) >= 11 is 0. The average molecular weight is 231 g/mol. The van der Waals surface area contributed by atoms with Crippen LogP contribution < -0.4 is 0 Å². The summed E-state index contributed by atoms with van der Waals surface area (Å²) in [6, 6.07) is 0. The van der Waals surface area contributed by atoms with Crippen molar-refractivity contribution in [2.45, 2.75) is 6.42 Å². The smallest absolute Gasteiger partial charge is 0.305 e. The van der Waals surface area contributed by atoms with Crippen molar-refractivity contribution < 1.29 is 20.2 Å². The number of hydrogen-bond acceptors (Lipinski definition) is 5. The predicted octanol–water partition coefficient (Wildman–Crippen LogP) is 0.303. The highest BCUT2D eigenvalue weighted by Crippen LogP contribution is 2.06. The molecular weight excluding hydrogens is 218 g/mol. The summed E-state index contributed by atoms with van der Waals surface area (Å²) in [5, 5.41) is 22.1. The summed E-state index contributed by atoms with van der Waals surface area (Å²) in [5.74, 6) is -0.763. The molecule has 1 aliphatic heterocycles. The summed E-state index contributed by atoms with van der Waals surface area (Å²) in [5.41, 5.74) is 0. The second kappa shape index (κ2) is 7.10. The molecule has 0 spiro atoms. The first-order chi connectivity index (χ1) is 7.45. The molecule has 0 saturated heterocycles. The van der Waals surface area contributed by atoms with Gasteiger partial charge < -0.3 is 20.1 Å². The van der Waals surface area contributed by atoms with Gasteiger partial charge in [0.05, 0.1) is 13.1 Å². The lowest BCUT2D eigenvalue weighted by molar-refractivity contribution is -0.742. The lowest BCUT2D eigenvalue weighted by atomic mass is 10.4. The number of nitrogens with zero attached hydrogens (tertiary/aromatic N) is 3. The first-order valence-corrected chi connectivity index (χ1v) is 4.31. The van der Waals surface area contributed by atoms with Gasteiger partial charge in [-0.05, 0) is 6.20 Å². The zero-order valence-electron chi connectivity index (χ0n) is 8.52. The van der Waals surface area contributed by atoms with Crippen molar-refractivity contribution in [3.63, 3.8) is 0 Å². The molecule has 0 unspecified atom stereocenters. The summed E-state index contributed by atoms with van der Waals surface area (Å²) < 4.78 is 0. The Bertz CT molecular complexity index is 287. The molecule has 0 aromatic rings. The van der Waals surface area contributed by atoms with Crippen LogP contribution in [0.5, 0.6) is 0 Å². The van der Waals surface area contributed by atoms with Crippen LogP contribution in [0.2, 0.25) is 0 Å². The summed E-state index contributed by atoms with van der Waals surface area (Å²) in [4.78, 5) is 22.4. The molecule has 8 nitrogen and oxygen atoms in total. The molecule has 0 amide bonds. The van der Waals surface area contributed by atoms with Crippen LogP contribution in [0.1, 0.15) is 6.42 Å². The van der Waals surface area contributed by atoms with E-state index in [-0.39, 0.29) is 6.42 Å². The van der Waals surface area contributed by atoms with Gasteiger partial charge in [0.25, 0.3) is 5.09 Å². The second-order valence-corrected chi connectivity index (χ2v) is 2.83. The van der Waals surface area contributed by atoms with Crippen LogP contribution in [0.25, 0.3) is 0 Å². The van der Waals surface area contributed by atoms with Crippen LogP contribution in [0.15, 0.2) is 25.2 Å². The Kier molecular flexibility index (Phi) is 6.10. The number of carboxylic acid groups (broad SMARTS) is 1. The van der Waals surface area contributed by atoms with Gasteiger partial charge in [0.1, 0.15) is 0 Å². The van der Waals surface area contributed by atoms with E-state index in [1.54, 1.807) is 6.20 Å². The van der Waals surface area contributed by atoms with Crippen LogP contribution in [0.4, 0.5) is 0 Å². The molecule has 0 bridgehead atoms. The minimum absolute atomic E-state index is 0.176. The van der Waals surface area contributed by atoms with Crippen molar-refractivity contribution in [2.75, 3.05) is 13.2 Å². The number of carboxylic acids is 1. The Labute approximate surface area is 91.8 Å². The lowest BCUT2D eigenvalue weighted by Gasteiger charge is -2.16. The molecule has 0 saturated carbocycles. The molecule has 1 aliphatic rings. The van der Waals surface area contributed by atoms with E-state index in [1.165, 1.54) is 0 Å². The third-order valence-corrected chi connectivity index (χ3v) is 1.66. The van der Waals surface area contributed by atoms with Gasteiger partial charge in [0.15, 0.2) is 0 Å². The van der Waals surface area contributed by atoms with Gasteiger partial charge in [0.2, 0.25) is 0 Å². The largest absolute Gasteiger partial charge is 0.481 e. The first-order valence-electron chi connectivity index (χ1n) is 4.31. The highest BCUT2D eigenvalue weighted by Gasteiger charge is 2.09. The minimum atomic E-state index is -1.50. The summed E-state index contributed by atoms with van der Waals surface area (Å²) in [6.45, 7) is 4.86. The van der Waals surface area contributed by atoms with Gasteiger partial charge in [-0.25, -0.2) is 0 Å². The molecule has 1 heterocycles. The van der Waals surface area contributed by atoms with Gasteiger partial charge in [-0.3, -0.25) is 4.79 Å². The summed E-state index contributed by atoms with van der Waals surface area (Å²) in [7, 11) is 0. The fourth-order valence-electron chi connectivity index (χ4n) is 0.987. The van der Waals surface area contributed by atoms with Crippen LogP contribution in [-0.4, -0.2) is 44.4 Å². The van der Waals surface area contributed by atoms with E-state index >= 15 is 0 Å². The molecule has 0 radical (unpaired) electrons. The fourth-order valence-corrected chi connectivity index (χ4v) is 0.987. The van der Waals surface area contributed by atoms with E-state index in [9.17, 15) is 4.79 Å². The lowest BCUT2D eigenvalue weighted by Crippen LogP contribution is -2.24. The number of aliphatic carboxylic acids is 1. The molecule has 16 heavy (non-hydrogen) atoms. The van der Waals surface area contributed by atoms with E-state index < -0.39 is 11.1 Å². The molecule has 0 aliphatic carbocycles. The summed E-state index contributed by atoms with van der Waals surface area (Å²) in [6.07, 6.45) is 5.62. The molecule has 0 aromatic carbocycles. The van der Waals surface area contributed by atoms with E-state index in [2.05, 4.69) is 6.58 Å². The maximum absolute atomic E-state index is 10.2. The number of carbonyl (C=O) groups is 1. The van der Waals surface area contributed by atoms with Crippen molar-refractivity contribution in [3.05, 3.63) is 35.3 Å². The molecule has 0 atom stereocenters. The topological polar surface area (TPSA) is 107 Å². The van der Waals surface area contributed by atoms with Gasteiger partial charge in [-0.2, -0.15) is 0 Å². The Hall–Kier alpha value is -2.25. The minimum Gasteiger partial charge on any atom is -0.481 e. The van der Waals surface area contributed by atoms with Crippen molar-refractivity contribution in [1.29, 1.82) is 0 Å². The van der Waals surface area contributed by atoms with E-state index in [0.29, 0.717) is 13.2 Å². The molecule has 8 heteroatoms. The van der Waals surface area contributed by atoms with Crippen LogP contribution in [0.3, 0.4) is 0 Å². The van der Waals surface area contributed by atoms with Gasteiger partial charge >= 0.3 is 5.97 Å². The van der Waals surface area contributed by atoms with Crippen LogP contribution >= 0.6 is 0 Å². The van der Waals surface area contributed by atoms with E-state index in [4.69, 9.17) is 20.4 Å². The Morgan fingerprint density at radius 1 is 1.62 bits per heavy atom. The molecular formula is C8H13N3O5. The molecule has 2 N–H and O–H groups in total. The normalized spacial score (nSPS) is 13.0. The van der Waals surface area contributed by atoms with Crippen molar-refractivity contribution in [3.8, 4) is 0 Å². The zero-order chi connectivity index (χ0) is 12.6. The van der Waals surface area contributed by atoms with Crippen molar-refractivity contribution in [1.82, 2.24) is 9.80 Å². The zero-order valence-corrected chi connectivity index (χ0v) is 8.52. The Balaban J connectivity index is 0.000000487. The van der Waals surface area contributed by atoms with Gasteiger partial charge in [-0.1, -0.05) is 6.58 Å². The van der Waals surface area contributed by atoms with E-state index in [1.807, 2.05) is 22.2 Å². The fraction of sp³-hybridized carbons (Fsp3) is 0.375. The van der Waals surface area contributed by atoms with E-state index in [0.717, 1.165) is 0 Å². The maximum Gasteiger partial charge on any atom is 0.305 e. The SMILES string of the molecule is C=CN1C=CN(CCC(=O)O)C1.O=[N+]([O-])O. The van der Waals surface area contributed by atoms with Crippen molar-refractivity contribution in [2.24, 2.45) is 0 Å². The second-order valence-electron chi connectivity index (χ2n) is 2.83. The van der Waals surface area contributed by atoms with Gasteiger partial charge in [-0.15, -0.1) is 10.1 Å². The molecule has 90 valence electrons. The third-order valence-electron chi connectivity index (χ3n) is 1.66. The van der Waals surface area contributed by atoms with Gasteiger partial charge in [0, 0.05) is 18.9 Å². The van der Waals surface area contributed by atoms with Crippen LogP contribution in [-0.2, 0) is 4.79 Å². The Morgan fingerprint density at radius 2 is 2.19 bits per heavy atom. The first kappa shape index (κ1) is 13.8.